The maximum Gasteiger partial charge on any atom is 0.306 e. The van der Waals surface area contributed by atoms with Crippen molar-refractivity contribution in [3.63, 3.8) is 0 Å². The molecule has 2 aromatic heterocycles. The Morgan fingerprint density at radius 1 is 1.26 bits per heavy atom. The van der Waals surface area contributed by atoms with Crippen molar-refractivity contribution in [2.24, 2.45) is 4.99 Å². The minimum atomic E-state index is -1.05. The van der Waals surface area contributed by atoms with Crippen LogP contribution in [0.25, 0.3) is 11.1 Å². The van der Waals surface area contributed by atoms with Crippen LogP contribution in [0.3, 0.4) is 0 Å². The van der Waals surface area contributed by atoms with E-state index in [-0.39, 0.29) is 12.0 Å². The molecule has 0 unspecified atom stereocenters. The Hall–Kier alpha value is -3.06. The average Bonchev–Trinajstić information content (AvgIpc) is 2.94. The van der Waals surface area contributed by atoms with Crippen LogP contribution in [0.4, 0.5) is 4.39 Å². The fraction of sp³-hybridized carbons (Fsp3) is 0.158. The summed E-state index contributed by atoms with van der Waals surface area (Å²) in [5.74, 6) is -1.46. The Morgan fingerprint density at radius 3 is 2.70 bits per heavy atom. The van der Waals surface area contributed by atoms with Gasteiger partial charge in [-0.1, -0.05) is 28.9 Å². The monoisotopic (exact) mass is 385 g/mol. The maximum atomic E-state index is 14.8. The second-order valence-electron chi connectivity index (χ2n) is 6.13. The van der Waals surface area contributed by atoms with Crippen LogP contribution in [-0.4, -0.2) is 26.9 Å². The average molecular weight is 386 g/mol. The van der Waals surface area contributed by atoms with Gasteiger partial charge < -0.3 is 9.63 Å². The number of hydrogen-bond acceptors (Lipinski definition) is 5. The Labute approximate surface area is 158 Å². The third-order valence-electron chi connectivity index (χ3n) is 4.37. The highest BCUT2D eigenvalue weighted by Crippen LogP contribution is 2.41. The van der Waals surface area contributed by atoms with Crippen LogP contribution in [-0.2, 0) is 4.79 Å². The molecule has 3 aromatic rings. The summed E-state index contributed by atoms with van der Waals surface area (Å²) < 4.78 is 20.2. The minimum absolute atomic E-state index is 0.181. The molecule has 27 heavy (non-hydrogen) atoms. The number of pyridine rings is 1. The lowest BCUT2D eigenvalue weighted by Crippen LogP contribution is -2.11. The number of aliphatic carboxylic acids is 1. The summed E-state index contributed by atoms with van der Waals surface area (Å²) in [5, 5.41) is 13.8. The summed E-state index contributed by atoms with van der Waals surface area (Å²) in [6.45, 7) is 1.72. The van der Waals surface area contributed by atoms with E-state index < -0.39 is 18.0 Å². The molecule has 1 aliphatic rings. The van der Waals surface area contributed by atoms with Crippen molar-refractivity contribution in [2.45, 2.75) is 19.4 Å². The fourth-order valence-electron chi connectivity index (χ4n) is 3.22. The zero-order valence-corrected chi connectivity index (χ0v) is 14.9. The third kappa shape index (κ3) is 3.00. The summed E-state index contributed by atoms with van der Waals surface area (Å²) >= 11 is 5.96. The lowest BCUT2D eigenvalue weighted by molar-refractivity contribution is -0.137. The normalized spacial score (nSPS) is 15.5. The summed E-state index contributed by atoms with van der Waals surface area (Å²) in [6.07, 6.45) is 1.03. The number of nitrogens with zero attached hydrogens (tertiary/aromatic N) is 3. The lowest BCUT2D eigenvalue weighted by Gasteiger charge is -2.11. The summed E-state index contributed by atoms with van der Waals surface area (Å²) in [5.41, 5.74) is 2.66. The van der Waals surface area contributed by atoms with Crippen LogP contribution in [0.15, 0.2) is 46.0 Å². The number of carboxylic acid groups (broad SMARTS) is 1. The van der Waals surface area contributed by atoms with Crippen molar-refractivity contribution in [3.8, 4) is 11.1 Å². The van der Waals surface area contributed by atoms with Crippen LogP contribution < -0.4 is 0 Å². The minimum Gasteiger partial charge on any atom is -0.481 e. The number of halogens is 2. The molecule has 1 atom stereocenters. The van der Waals surface area contributed by atoms with Crippen molar-refractivity contribution in [1.82, 2.24) is 10.1 Å². The first-order valence-electron chi connectivity index (χ1n) is 8.12. The zero-order valence-electron chi connectivity index (χ0n) is 14.1. The van der Waals surface area contributed by atoms with Gasteiger partial charge in [0.05, 0.1) is 29.0 Å². The molecule has 0 fully saturated rings. The van der Waals surface area contributed by atoms with Gasteiger partial charge in [-0.2, -0.15) is 4.39 Å². The Balaban J connectivity index is 2.04. The van der Waals surface area contributed by atoms with E-state index in [0.29, 0.717) is 38.9 Å². The van der Waals surface area contributed by atoms with Gasteiger partial charge in [0, 0.05) is 22.3 Å². The molecule has 3 heterocycles. The van der Waals surface area contributed by atoms with Gasteiger partial charge in [-0.3, -0.25) is 9.79 Å². The zero-order chi connectivity index (χ0) is 19.1. The molecule has 136 valence electrons. The number of aryl methyl sites for hydroxylation is 1. The van der Waals surface area contributed by atoms with Gasteiger partial charge in [-0.25, -0.2) is 4.98 Å². The van der Waals surface area contributed by atoms with E-state index in [2.05, 4.69) is 15.1 Å². The van der Waals surface area contributed by atoms with Crippen molar-refractivity contribution < 1.29 is 18.8 Å². The molecule has 0 bridgehead atoms. The fourth-order valence-corrected chi connectivity index (χ4v) is 3.35. The molecular formula is C19H13ClFN3O3. The Bertz CT molecular complexity index is 1080. The van der Waals surface area contributed by atoms with Crippen LogP contribution in [0.5, 0.6) is 0 Å². The SMILES string of the molecule is Cc1noc2c1-c1ccnc(F)c1C(c1ccc(Cl)cc1)=N[C@H]2CC(=O)O. The van der Waals surface area contributed by atoms with E-state index in [9.17, 15) is 14.3 Å². The van der Waals surface area contributed by atoms with Gasteiger partial charge in [-0.05, 0) is 25.1 Å². The topological polar surface area (TPSA) is 88.6 Å². The highest BCUT2D eigenvalue weighted by Gasteiger charge is 2.33. The molecule has 0 spiro atoms. The van der Waals surface area contributed by atoms with Crippen LogP contribution in [0.2, 0.25) is 5.02 Å². The van der Waals surface area contributed by atoms with Gasteiger partial charge in [0.15, 0.2) is 5.76 Å². The van der Waals surface area contributed by atoms with E-state index in [0.717, 1.165) is 0 Å². The van der Waals surface area contributed by atoms with Crippen molar-refractivity contribution in [3.05, 3.63) is 70.1 Å². The van der Waals surface area contributed by atoms with Gasteiger partial charge >= 0.3 is 5.97 Å². The first kappa shape index (κ1) is 17.4. The highest BCUT2D eigenvalue weighted by molar-refractivity contribution is 6.30. The van der Waals surface area contributed by atoms with Gasteiger partial charge in [0.1, 0.15) is 6.04 Å². The molecule has 1 N–H and O–H groups in total. The Morgan fingerprint density at radius 2 is 2.00 bits per heavy atom. The molecule has 1 aliphatic heterocycles. The van der Waals surface area contributed by atoms with E-state index in [1.165, 1.54) is 6.20 Å². The van der Waals surface area contributed by atoms with Gasteiger partial charge in [0.2, 0.25) is 5.95 Å². The van der Waals surface area contributed by atoms with Gasteiger partial charge in [0.25, 0.3) is 0 Å². The highest BCUT2D eigenvalue weighted by atomic mass is 35.5. The number of carbonyl (C=O) groups is 1. The van der Waals surface area contributed by atoms with Crippen molar-refractivity contribution in [1.29, 1.82) is 0 Å². The quantitative estimate of drug-likeness (QED) is 0.682. The molecule has 0 saturated carbocycles. The van der Waals surface area contributed by atoms with E-state index in [4.69, 9.17) is 16.1 Å². The number of rotatable bonds is 3. The molecule has 0 saturated heterocycles. The smallest absolute Gasteiger partial charge is 0.306 e. The number of benzene rings is 1. The first-order chi connectivity index (χ1) is 13.0. The molecule has 0 amide bonds. The molecule has 0 aliphatic carbocycles. The molecule has 4 rings (SSSR count). The number of aliphatic imine (C=N–C) groups is 1. The Kier molecular flexibility index (Phi) is 4.24. The van der Waals surface area contributed by atoms with E-state index >= 15 is 0 Å². The third-order valence-corrected chi connectivity index (χ3v) is 4.63. The van der Waals surface area contributed by atoms with Crippen LogP contribution in [0, 0.1) is 12.9 Å². The number of fused-ring (bicyclic) bond motifs is 3. The van der Waals surface area contributed by atoms with Crippen molar-refractivity contribution >= 4 is 23.3 Å². The number of hydrogen-bond donors (Lipinski definition) is 1. The first-order valence-corrected chi connectivity index (χ1v) is 8.50. The van der Waals surface area contributed by atoms with Crippen LogP contribution in [0.1, 0.15) is 35.0 Å². The predicted molar refractivity (Wildman–Crippen MR) is 96.5 cm³/mol. The summed E-state index contributed by atoms with van der Waals surface area (Å²) in [7, 11) is 0. The summed E-state index contributed by atoms with van der Waals surface area (Å²) in [6, 6.07) is 7.52. The molecular weight excluding hydrogens is 373 g/mol. The number of carboxylic acids is 1. The molecule has 8 heteroatoms. The second-order valence-corrected chi connectivity index (χ2v) is 6.57. The largest absolute Gasteiger partial charge is 0.481 e. The summed E-state index contributed by atoms with van der Waals surface area (Å²) in [4.78, 5) is 19.7. The van der Waals surface area contributed by atoms with Crippen molar-refractivity contribution in [2.75, 3.05) is 0 Å². The standard InChI is InChI=1S/C19H13ClFN3O3/c1-9-15-12-6-7-22-19(21)16(12)17(10-2-4-11(20)5-3-10)23-13(8-14(25)26)18(15)27-24-9/h2-7,13H,8H2,1H3,(H,25,26)/t13-/m0/s1. The van der Waals surface area contributed by atoms with Crippen LogP contribution >= 0.6 is 11.6 Å². The van der Waals surface area contributed by atoms with E-state index in [1.807, 2.05) is 0 Å². The van der Waals surface area contributed by atoms with E-state index in [1.54, 1.807) is 37.3 Å². The lowest BCUT2D eigenvalue weighted by atomic mass is 9.94. The molecule has 6 nitrogen and oxygen atoms in total. The second kappa shape index (κ2) is 6.59. The molecule has 1 aromatic carbocycles. The van der Waals surface area contributed by atoms with Gasteiger partial charge in [-0.15, -0.1) is 0 Å². The molecule has 0 radical (unpaired) electrons. The number of aromatic nitrogens is 2. The maximum absolute atomic E-state index is 14.8. The predicted octanol–water partition coefficient (Wildman–Crippen LogP) is 4.20.